The third-order valence-electron chi connectivity index (χ3n) is 4.12. The molecule has 0 fully saturated rings. The molecule has 0 N–H and O–H groups in total. The van der Waals surface area contributed by atoms with Gasteiger partial charge in [0.25, 0.3) is 0 Å². The second kappa shape index (κ2) is 9.77. The third-order valence-corrected chi connectivity index (χ3v) is 4.81. The van der Waals surface area contributed by atoms with Crippen LogP contribution in [0.5, 0.6) is 11.5 Å². The first-order chi connectivity index (χ1) is 14.0. The van der Waals surface area contributed by atoms with Crippen molar-refractivity contribution in [2.45, 2.75) is 20.5 Å². The maximum absolute atomic E-state index is 13.4. The fraction of sp³-hybridized carbons (Fsp3) is 0.174. The monoisotopic (exact) mass is 431 g/mol. The summed E-state index contributed by atoms with van der Waals surface area (Å²) in [5.74, 6) is 0.595. The predicted octanol–water partition coefficient (Wildman–Crippen LogP) is 7.17. The molecule has 0 radical (unpaired) electrons. The van der Waals surface area contributed by atoms with Gasteiger partial charge in [-0.25, -0.2) is 4.39 Å². The molecule has 0 unspecified atom stereocenters. The van der Waals surface area contributed by atoms with Crippen LogP contribution in [0.2, 0.25) is 10.0 Å². The number of aliphatic imine (C=N–C) groups is 1. The largest absolute Gasteiger partial charge is 0.490 e. The minimum atomic E-state index is -0.315. The van der Waals surface area contributed by atoms with Crippen LogP contribution >= 0.6 is 23.2 Å². The van der Waals surface area contributed by atoms with E-state index in [2.05, 4.69) is 4.99 Å². The van der Waals surface area contributed by atoms with Gasteiger partial charge >= 0.3 is 0 Å². The van der Waals surface area contributed by atoms with Crippen LogP contribution in [0.25, 0.3) is 0 Å². The molecule has 3 aromatic carbocycles. The Kier molecular flexibility index (Phi) is 7.13. The van der Waals surface area contributed by atoms with Gasteiger partial charge in [0.2, 0.25) is 0 Å². The molecule has 0 atom stereocenters. The highest BCUT2D eigenvalue weighted by Crippen LogP contribution is 2.37. The number of hydrogen-bond acceptors (Lipinski definition) is 3. The minimum Gasteiger partial charge on any atom is -0.490 e. The molecule has 0 saturated heterocycles. The van der Waals surface area contributed by atoms with E-state index in [-0.39, 0.29) is 12.4 Å². The van der Waals surface area contributed by atoms with E-state index < -0.39 is 0 Å². The number of ether oxygens (including phenoxy) is 2. The maximum atomic E-state index is 13.4. The molecule has 0 amide bonds. The lowest BCUT2D eigenvalue weighted by atomic mass is 10.2. The Hall–Kier alpha value is -2.56. The molecule has 3 rings (SSSR count). The molecule has 29 heavy (non-hydrogen) atoms. The summed E-state index contributed by atoms with van der Waals surface area (Å²) in [6.45, 7) is 4.43. The average molecular weight is 432 g/mol. The average Bonchev–Trinajstić information content (AvgIpc) is 2.68. The van der Waals surface area contributed by atoms with Gasteiger partial charge in [0, 0.05) is 11.2 Å². The van der Waals surface area contributed by atoms with Gasteiger partial charge in [-0.3, -0.25) is 4.99 Å². The summed E-state index contributed by atoms with van der Waals surface area (Å²) in [5.41, 5.74) is 3.19. The van der Waals surface area contributed by atoms with Crippen LogP contribution in [0, 0.1) is 12.7 Å². The summed E-state index contributed by atoms with van der Waals surface area (Å²) in [4.78, 5) is 4.45. The Morgan fingerprint density at radius 1 is 1.00 bits per heavy atom. The molecule has 0 heterocycles. The second-order valence-electron chi connectivity index (χ2n) is 6.37. The second-order valence-corrected chi connectivity index (χ2v) is 7.19. The standard InChI is InChI=1S/C23H20Cl2FNO2/c1-3-28-22-11-17(13-27-19-8-7-15(2)20(24)12-19)10-21(25)23(22)29-14-16-5-4-6-18(26)9-16/h4-13H,3,14H2,1-2H3. The van der Waals surface area contributed by atoms with Crippen molar-refractivity contribution in [3.05, 3.63) is 87.2 Å². The van der Waals surface area contributed by atoms with E-state index >= 15 is 0 Å². The van der Waals surface area contributed by atoms with Crippen molar-refractivity contribution >= 4 is 35.1 Å². The molecule has 0 aromatic heterocycles. The highest BCUT2D eigenvalue weighted by atomic mass is 35.5. The highest BCUT2D eigenvalue weighted by Gasteiger charge is 2.13. The van der Waals surface area contributed by atoms with Crippen LogP contribution in [0.1, 0.15) is 23.6 Å². The molecular formula is C23H20Cl2FNO2. The van der Waals surface area contributed by atoms with Crippen molar-refractivity contribution in [1.82, 2.24) is 0 Å². The van der Waals surface area contributed by atoms with Gasteiger partial charge in [-0.15, -0.1) is 0 Å². The molecule has 6 heteroatoms. The van der Waals surface area contributed by atoms with E-state index in [4.69, 9.17) is 32.7 Å². The van der Waals surface area contributed by atoms with Crippen LogP contribution in [-0.2, 0) is 6.61 Å². The zero-order valence-electron chi connectivity index (χ0n) is 16.1. The Bertz CT molecular complexity index is 1040. The quantitative estimate of drug-likeness (QED) is 0.371. The number of nitrogens with zero attached hydrogens (tertiary/aromatic N) is 1. The number of aryl methyl sites for hydroxylation is 1. The van der Waals surface area contributed by atoms with Crippen LogP contribution in [-0.4, -0.2) is 12.8 Å². The smallest absolute Gasteiger partial charge is 0.180 e. The van der Waals surface area contributed by atoms with E-state index in [1.807, 2.05) is 26.0 Å². The van der Waals surface area contributed by atoms with Crippen molar-refractivity contribution in [3.63, 3.8) is 0 Å². The molecule has 3 nitrogen and oxygen atoms in total. The van der Waals surface area contributed by atoms with Gasteiger partial charge in [-0.05, 0) is 66.9 Å². The molecular weight excluding hydrogens is 412 g/mol. The van der Waals surface area contributed by atoms with E-state index in [1.165, 1.54) is 12.1 Å². The van der Waals surface area contributed by atoms with Gasteiger partial charge < -0.3 is 9.47 Å². The molecule has 0 aliphatic rings. The van der Waals surface area contributed by atoms with Crippen molar-refractivity contribution < 1.29 is 13.9 Å². The SMILES string of the molecule is CCOc1cc(C=Nc2ccc(C)c(Cl)c2)cc(Cl)c1OCc1cccc(F)c1. The van der Waals surface area contributed by atoms with E-state index in [1.54, 1.807) is 36.5 Å². The van der Waals surface area contributed by atoms with Crippen LogP contribution in [0.4, 0.5) is 10.1 Å². The highest BCUT2D eigenvalue weighted by molar-refractivity contribution is 6.32. The molecule has 3 aromatic rings. The number of hydrogen-bond donors (Lipinski definition) is 0. The van der Waals surface area contributed by atoms with Gasteiger partial charge in [0.1, 0.15) is 12.4 Å². The van der Waals surface area contributed by atoms with Crippen molar-refractivity contribution in [1.29, 1.82) is 0 Å². The molecule has 0 spiro atoms. The summed E-state index contributed by atoms with van der Waals surface area (Å²) in [6, 6.07) is 15.4. The Morgan fingerprint density at radius 3 is 2.55 bits per heavy atom. The van der Waals surface area contributed by atoms with Gasteiger partial charge in [0.05, 0.1) is 17.3 Å². The summed E-state index contributed by atoms with van der Waals surface area (Å²) < 4.78 is 24.9. The van der Waals surface area contributed by atoms with Crippen molar-refractivity contribution in [3.8, 4) is 11.5 Å². The van der Waals surface area contributed by atoms with Crippen LogP contribution in [0.15, 0.2) is 59.6 Å². The zero-order chi connectivity index (χ0) is 20.8. The first-order valence-corrected chi connectivity index (χ1v) is 9.85. The number of halogens is 3. The van der Waals surface area contributed by atoms with E-state index in [0.29, 0.717) is 33.7 Å². The van der Waals surface area contributed by atoms with Crippen LogP contribution < -0.4 is 9.47 Å². The van der Waals surface area contributed by atoms with Crippen LogP contribution in [0.3, 0.4) is 0 Å². The van der Waals surface area contributed by atoms with E-state index in [0.717, 1.165) is 16.8 Å². The Balaban J connectivity index is 1.83. The summed E-state index contributed by atoms with van der Waals surface area (Å²) in [7, 11) is 0. The summed E-state index contributed by atoms with van der Waals surface area (Å²) >= 11 is 12.6. The zero-order valence-corrected chi connectivity index (χ0v) is 17.6. The molecule has 0 aliphatic heterocycles. The molecule has 0 saturated carbocycles. The topological polar surface area (TPSA) is 30.8 Å². The molecule has 150 valence electrons. The minimum absolute atomic E-state index is 0.173. The van der Waals surface area contributed by atoms with Gasteiger partial charge in [-0.1, -0.05) is 41.4 Å². The lowest BCUT2D eigenvalue weighted by Crippen LogP contribution is -2.01. The third kappa shape index (κ3) is 5.72. The van der Waals surface area contributed by atoms with Gasteiger partial charge in [-0.2, -0.15) is 0 Å². The van der Waals surface area contributed by atoms with Crippen molar-refractivity contribution in [2.75, 3.05) is 6.61 Å². The molecule has 0 aliphatic carbocycles. The Labute approximate surface area is 179 Å². The summed E-state index contributed by atoms with van der Waals surface area (Å²) in [6.07, 6.45) is 1.69. The number of rotatable bonds is 7. The Morgan fingerprint density at radius 2 is 1.83 bits per heavy atom. The lowest BCUT2D eigenvalue weighted by molar-refractivity contribution is 0.269. The first kappa shape index (κ1) is 21.2. The van der Waals surface area contributed by atoms with Crippen molar-refractivity contribution in [2.24, 2.45) is 4.99 Å². The fourth-order valence-electron chi connectivity index (χ4n) is 2.66. The molecule has 0 bridgehead atoms. The normalized spacial score (nSPS) is 11.1. The summed E-state index contributed by atoms with van der Waals surface area (Å²) in [5, 5.41) is 1.05. The fourth-order valence-corrected chi connectivity index (χ4v) is 3.11. The maximum Gasteiger partial charge on any atom is 0.180 e. The van der Waals surface area contributed by atoms with Gasteiger partial charge in [0.15, 0.2) is 11.5 Å². The lowest BCUT2D eigenvalue weighted by Gasteiger charge is -2.14. The predicted molar refractivity (Wildman–Crippen MR) is 117 cm³/mol. The first-order valence-electron chi connectivity index (χ1n) is 9.10. The number of benzene rings is 3. The van der Waals surface area contributed by atoms with E-state index in [9.17, 15) is 4.39 Å².